The van der Waals surface area contributed by atoms with Gasteiger partial charge in [-0.2, -0.15) is 0 Å². The molecule has 1 aliphatic rings. The van der Waals surface area contributed by atoms with Crippen molar-refractivity contribution in [2.45, 2.75) is 19.4 Å². The third-order valence-electron chi connectivity index (χ3n) is 2.68. The number of rotatable bonds is 5. The number of likely N-dealkylation sites (N-methyl/N-ethyl adjacent to an activating group) is 1. The molecule has 15 heavy (non-hydrogen) atoms. The molecule has 2 N–H and O–H groups in total. The summed E-state index contributed by atoms with van der Waals surface area (Å²) in [6.45, 7) is 7.85. The Morgan fingerprint density at radius 1 is 1.53 bits per heavy atom. The number of aliphatic carboxylic acids is 1. The van der Waals surface area contributed by atoms with E-state index in [1.54, 1.807) is 6.92 Å². The summed E-state index contributed by atoms with van der Waals surface area (Å²) in [6.07, 6.45) is 0. The predicted molar refractivity (Wildman–Crippen MR) is 57.0 cm³/mol. The Morgan fingerprint density at radius 2 is 2.13 bits per heavy atom. The van der Waals surface area contributed by atoms with Crippen LogP contribution in [-0.4, -0.2) is 60.9 Å². The van der Waals surface area contributed by atoms with Crippen LogP contribution < -0.4 is 5.32 Å². The van der Waals surface area contributed by atoms with E-state index >= 15 is 0 Å². The summed E-state index contributed by atoms with van der Waals surface area (Å²) >= 11 is 0. The normalized spacial score (nSPS) is 22.3. The molecule has 0 bridgehead atoms. The largest absolute Gasteiger partial charge is 0.480 e. The van der Waals surface area contributed by atoms with Gasteiger partial charge in [-0.15, -0.1) is 0 Å². The number of carboxylic acid groups (broad SMARTS) is 1. The molecule has 1 atom stereocenters. The first-order valence-electron chi connectivity index (χ1n) is 5.37. The molecule has 1 aliphatic heterocycles. The Hall–Kier alpha value is -0.650. The molecule has 88 valence electrons. The summed E-state index contributed by atoms with van der Waals surface area (Å²) in [5.74, 6) is -0.796. The van der Waals surface area contributed by atoms with Crippen LogP contribution in [0.1, 0.15) is 13.8 Å². The molecule has 1 rings (SSSR count). The number of carbonyl (C=O) groups is 1. The van der Waals surface area contributed by atoms with Crippen molar-refractivity contribution in [2.75, 3.05) is 39.4 Å². The van der Waals surface area contributed by atoms with Crippen molar-refractivity contribution in [3.05, 3.63) is 0 Å². The van der Waals surface area contributed by atoms with Crippen LogP contribution in [0.4, 0.5) is 0 Å². The summed E-state index contributed by atoms with van der Waals surface area (Å²) in [5, 5.41) is 12.2. The van der Waals surface area contributed by atoms with Crippen molar-refractivity contribution in [1.29, 1.82) is 0 Å². The SMILES string of the molecule is CCNC(C)(CN1CCOCC1)C(=O)O. The fourth-order valence-electron chi connectivity index (χ4n) is 1.80. The number of ether oxygens (including phenoxy) is 1. The Kier molecular flexibility index (Phi) is 4.50. The van der Waals surface area contributed by atoms with Crippen LogP contribution in [0, 0.1) is 0 Å². The zero-order valence-electron chi connectivity index (χ0n) is 9.45. The van der Waals surface area contributed by atoms with E-state index in [-0.39, 0.29) is 0 Å². The Balaban J connectivity index is 2.52. The van der Waals surface area contributed by atoms with Gasteiger partial charge in [0.25, 0.3) is 0 Å². The van der Waals surface area contributed by atoms with Crippen molar-refractivity contribution in [3.8, 4) is 0 Å². The maximum atomic E-state index is 11.2. The number of hydrogen-bond acceptors (Lipinski definition) is 4. The monoisotopic (exact) mass is 216 g/mol. The van der Waals surface area contributed by atoms with E-state index in [4.69, 9.17) is 4.74 Å². The van der Waals surface area contributed by atoms with Crippen molar-refractivity contribution < 1.29 is 14.6 Å². The lowest BCUT2D eigenvalue weighted by molar-refractivity contribution is -0.145. The minimum atomic E-state index is -0.855. The molecule has 0 saturated carbocycles. The van der Waals surface area contributed by atoms with E-state index in [2.05, 4.69) is 10.2 Å². The minimum absolute atomic E-state index is 0.527. The summed E-state index contributed by atoms with van der Waals surface area (Å²) in [5.41, 5.74) is -0.855. The van der Waals surface area contributed by atoms with Crippen LogP contribution in [0.2, 0.25) is 0 Å². The number of nitrogens with one attached hydrogen (secondary N) is 1. The number of nitrogens with zero attached hydrogens (tertiary/aromatic N) is 1. The molecular weight excluding hydrogens is 196 g/mol. The maximum absolute atomic E-state index is 11.2. The smallest absolute Gasteiger partial charge is 0.324 e. The topological polar surface area (TPSA) is 61.8 Å². The predicted octanol–water partition coefficient (Wildman–Crippen LogP) is -0.229. The van der Waals surface area contributed by atoms with Crippen LogP contribution in [0.25, 0.3) is 0 Å². The van der Waals surface area contributed by atoms with Crippen molar-refractivity contribution in [1.82, 2.24) is 10.2 Å². The van der Waals surface area contributed by atoms with Crippen LogP contribution in [-0.2, 0) is 9.53 Å². The third kappa shape index (κ3) is 3.44. The van der Waals surface area contributed by atoms with Gasteiger partial charge >= 0.3 is 5.97 Å². The Bertz CT molecular complexity index is 217. The van der Waals surface area contributed by atoms with Gasteiger partial charge in [0.05, 0.1) is 13.2 Å². The van der Waals surface area contributed by atoms with Gasteiger partial charge in [-0.1, -0.05) is 6.92 Å². The van der Waals surface area contributed by atoms with Gasteiger partial charge in [0.1, 0.15) is 5.54 Å². The van der Waals surface area contributed by atoms with Crippen LogP contribution >= 0.6 is 0 Å². The van der Waals surface area contributed by atoms with Crippen molar-refractivity contribution in [2.24, 2.45) is 0 Å². The quantitative estimate of drug-likeness (QED) is 0.665. The molecule has 0 aromatic heterocycles. The van der Waals surface area contributed by atoms with Gasteiger partial charge in [-0.05, 0) is 13.5 Å². The fraction of sp³-hybridized carbons (Fsp3) is 0.900. The summed E-state index contributed by atoms with van der Waals surface area (Å²) in [4.78, 5) is 13.3. The van der Waals surface area contributed by atoms with E-state index < -0.39 is 11.5 Å². The highest BCUT2D eigenvalue weighted by Crippen LogP contribution is 2.09. The minimum Gasteiger partial charge on any atom is -0.480 e. The standard InChI is InChI=1S/C10H20N2O3/c1-3-11-10(2,9(13)14)8-12-4-6-15-7-5-12/h11H,3-8H2,1-2H3,(H,13,14). The molecule has 0 aliphatic carbocycles. The van der Waals surface area contributed by atoms with Crippen molar-refractivity contribution >= 4 is 5.97 Å². The molecular formula is C10H20N2O3. The average Bonchev–Trinajstić information content (AvgIpc) is 2.19. The molecule has 0 aromatic carbocycles. The molecule has 1 unspecified atom stereocenters. The first-order valence-corrected chi connectivity index (χ1v) is 5.37. The van der Waals surface area contributed by atoms with Crippen LogP contribution in [0.5, 0.6) is 0 Å². The van der Waals surface area contributed by atoms with E-state index in [1.165, 1.54) is 0 Å². The zero-order chi connectivity index (χ0) is 11.3. The molecule has 0 aromatic rings. The van der Waals surface area contributed by atoms with Gasteiger partial charge in [-0.25, -0.2) is 0 Å². The highest BCUT2D eigenvalue weighted by atomic mass is 16.5. The molecule has 1 fully saturated rings. The van der Waals surface area contributed by atoms with E-state index in [1.807, 2.05) is 6.92 Å². The van der Waals surface area contributed by atoms with E-state index in [0.29, 0.717) is 26.3 Å². The first kappa shape index (κ1) is 12.4. The number of morpholine rings is 1. The Morgan fingerprint density at radius 3 is 2.60 bits per heavy atom. The third-order valence-corrected chi connectivity index (χ3v) is 2.68. The Labute approximate surface area is 90.4 Å². The van der Waals surface area contributed by atoms with Crippen LogP contribution in [0.15, 0.2) is 0 Å². The molecule has 0 radical (unpaired) electrons. The van der Waals surface area contributed by atoms with Gasteiger partial charge < -0.3 is 15.2 Å². The zero-order valence-corrected chi connectivity index (χ0v) is 9.45. The highest BCUT2D eigenvalue weighted by molar-refractivity contribution is 5.78. The molecule has 5 heteroatoms. The van der Waals surface area contributed by atoms with Gasteiger partial charge in [0, 0.05) is 19.6 Å². The first-order chi connectivity index (χ1) is 7.08. The lowest BCUT2D eigenvalue weighted by Crippen LogP contribution is -2.58. The lowest BCUT2D eigenvalue weighted by atomic mass is 10.0. The number of carboxylic acids is 1. The van der Waals surface area contributed by atoms with E-state index in [0.717, 1.165) is 13.1 Å². The summed E-state index contributed by atoms with van der Waals surface area (Å²) in [7, 11) is 0. The molecule has 1 saturated heterocycles. The second-order valence-corrected chi connectivity index (χ2v) is 4.06. The summed E-state index contributed by atoms with van der Waals surface area (Å²) < 4.78 is 5.23. The molecule has 0 amide bonds. The second kappa shape index (κ2) is 5.44. The van der Waals surface area contributed by atoms with E-state index in [9.17, 15) is 9.90 Å². The van der Waals surface area contributed by atoms with Gasteiger partial charge in [0.15, 0.2) is 0 Å². The highest BCUT2D eigenvalue weighted by Gasteiger charge is 2.34. The van der Waals surface area contributed by atoms with Crippen LogP contribution in [0.3, 0.4) is 0 Å². The fourth-order valence-corrected chi connectivity index (χ4v) is 1.80. The lowest BCUT2D eigenvalue weighted by Gasteiger charge is -2.34. The molecule has 1 heterocycles. The maximum Gasteiger partial charge on any atom is 0.324 e. The van der Waals surface area contributed by atoms with Gasteiger partial charge in [-0.3, -0.25) is 9.69 Å². The molecule has 5 nitrogen and oxygen atoms in total. The second-order valence-electron chi connectivity index (χ2n) is 4.06. The summed E-state index contributed by atoms with van der Waals surface area (Å²) in [6, 6.07) is 0. The van der Waals surface area contributed by atoms with Crippen molar-refractivity contribution in [3.63, 3.8) is 0 Å². The van der Waals surface area contributed by atoms with Gasteiger partial charge in [0.2, 0.25) is 0 Å². The number of hydrogen-bond donors (Lipinski definition) is 2. The molecule has 0 spiro atoms. The average molecular weight is 216 g/mol.